The maximum absolute atomic E-state index is 13.9. The van der Waals surface area contributed by atoms with Crippen LogP contribution < -0.4 is 5.32 Å². The molecule has 1 saturated carbocycles. The molecule has 13 heteroatoms. The lowest BCUT2D eigenvalue weighted by atomic mass is 9.80. The van der Waals surface area contributed by atoms with Gasteiger partial charge in [0, 0.05) is 17.7 Å². The molecule has 1 atom stereocenters. The molecule has 0 bridgehead atoms. The highest BCUT2D eigenvalue weighted by Crippen LogP contribution is 2.49. The Morgan fingerprint density at radius 3 is 2.12 bits per heavy atom. The molecule has 1 spiro atoms. The lowest BCUT2D eigenvalue weighted by molar-refractivity contribution is -0.189. The Morgan fingerprint density at radius 1 is 1.02 bits per heavy atom. The number of carbonyl (C=O) groups is 3. The fourth-order valence-corrected chi connectivity index (χ4v) is 5.62. The molecule has 2 N–H and O–H groups in total. The lowest BCUT2D eigenvalue weighted by Gasteiger charge is -2.45. The van der Waals surface area contributed by atoms with Gasteiger partial charge in [-0.1, -0.05) is 31.2 Å². The number of alkyl halides is 6. The second-order valence-electron chi connectivity index (χ2n) is 10.5. The largest absolute Gasteiger partial charge is 0.481 e. The Labute approximate surface area is 237 Å². The highest BCUT2D eigenvalue weighted by molar-refractivity contribution is 6.46. The Hall–Kier alpha value is -3.90. The first kappa shape index (κ1) is 31.0. The van der Waals surface area contributed by atoms with Gasteiger partial charge in [-0.15, -0.1) is 0 Å². The van der Waals surface area contributed by atoms with Gasteiger partial charge in [-0.05, 0) is 61.9 Å². The minimum atomic E-state index is -4.59. The van der Waals surface area contributed by atoms with Gasteiger partial charge in [0.1, 0.15) is 11.4 Å². The van der Waals surface area contributed by atoms with Gasteiger partial charge in [-0.2, -0.15) is 26.3 Å². The first-order valence-corrected chi connectivity index (χ1v) is 13.4. The van der Waals surface area contributed by atoms with E-state index in [-0.39, 0.29) is 55.5 Å². The molecule has 0 saturated heterocycles. The van der Waals surface area contributed by atoms with Crippen molar-refractivity contribution < 1.29 is 45.8 Å². The lowest BCUT2D eigenvalue weighted by Crippen LogP contribution is -2.51. The van der Waals surface area contributed by atoms with Crippen LogP contribution >= 0.6 is 0 Å². The summed E-state index contributed by atoms with van der Waals surface area (Å²) in [4.78, 5) is 43.1. The molecule has 1 fully saturated rings. The summed E-state index contributed by atoms with van der Waals surface area (Å²) >= 11 is 0. The Morgan fingerprint density at radius 2 is 1.62 bits per heavy atom. The van der Waals surface area contributed by atoms with Gasteiger partial charge in [0.05, 0.1) is 23.9 Å². The van der Waals surface area contributed by atoms with Crippen molar-refractivity contribution in [1.82, 2.24) is 10.2 Å². The number of nitrogens with one attached hydrogen (secondary N) is 1. The molecular weight excluding hydrogens is 568 g/mol. The topological polar surface area (TPSA) is 99.1 Å². The zero-order valence-electron chi connectivity index (χ0n) is 22.6. The van der Waals surface area contributed by atoms with E-state index in [1.165, 1.54) is 17.0 Å². The van der Waals surface area contributed by atoms with Crippen LogP contribution in [0.1, 0.15) is 78.5 Å². The van der Waals surface area contributed by atoms with Crippen LogP contribution in [0.3, 0.4) is 0 Å². The molecule has 2 amide bonds. The van der Waals surface area contributed by atoms with Crippen LogP contribution in [0.25, 0.3) is 0 Å². The average Bonchev–Trinajstić information content (AvgIpc) is 3.20. The first-order valence-electron chi connectivity index (χ1n) is 13.4. The summed E-state index contributed by atoms with van der Waals surface area (Å²) in [6.07, 6.45) is -9.57. The van der Waals surface area contributed by atoms with E-state index in [4.69, 9.17) is 5.11 Å². The maximum atomic E-state index is 13.9. The Kier molecular flexibility index (Phi) is 8.70. The summed E-state index contributed by atoms with van der Waals surface area (Å²) in [7, 11) is 0. The normalized spacial score (nSPS) is 21.8. The Balaban J connectivity index is 1.66. The van der Waals surface area contributed by atoms with Crippen LogP contribution in [0.4, 0.5) is 26.3 Å². The van der Waals surface area contributed by atoms with Crippen LogP contribution in [0.15, 0.2) is 53.5 Å². The van der Waals surface area contributed by atoms with Crippen molar-refractivity contribution in [1.29, 1.82) is 0 Å². The van der Waals surface area contributed by atoms with Crippen molar-refractivity contribution in [3.8, 4) is 0 Å². The summed E-state index contributed by atoms with van der Waals surface area (Å²) in [6, 6.07) is 9.50. The molecule has 1 aliphatic carbocycles. The number of carboxylic acid groups (broad SMARTS) is 1. The molecule has 1 unspecified atom stereocenters. The zero-order chi connectivity index (χ0) is 30.9. The predicted molar refractivity (Wildman–Crippen MR) is 140 cm³/mol. The molecular formula is C29H29F6N3O4. The van der Waals surface area contributed by atoms with Gasteiger partial charge in [-0.3, -0.25) is 19.4 Å². The number of benzene rings is 2. The van der Waals surface area contributed by atoms with E-state index in [2.05, 4.69) is 10.3 Å². The smallest absolute Gasteiger partial charge is 0.416 e. The summed E-state index contributed by atoms with van der Waals surface area (Å²) < 4.78 is 79.9. The highest BCUT2D eigenvalue weighted by atomic mass is 19.4. The van der Waals surface area contributed by atoms with Crippen molar-refractivity contribution in [3.05, 3.63) is 70.8 Å². The van der Waals surface area contributed by atoms with Crippen LogP contribution in [-0.2, 0) is 15.8 Å². The second-order valence-corrected chi connectivity index (χ2v) is 10.5. The molecule has 7 nitrogen and oxygen atoms in total. The van der Waals surface area contributed by atoms with Crippen LogP contribution in [-0.4, -0.2) is 51.9 Å². The van der Waals surface area contributed by atoms with Crippen LogP contribution in [0.5, 0.6) is 0 Å². The molecule has 2 aliphatic rings. The predicted octanol–water partition coefficient (Wildman–Crippen LogP) is 6.14. The van der Waals surface area contributed by atoms with Crippen LogP contribution in [0, 0.1) is 5.92 Å². The summed E-state index contributed by atoms with van der Waals surface area (Å²) in [5.74, 6) is -3.71. The molecule has 226 valence electrons. The molecule has 42 heavy (non-hydrogen) atoms. The number of aliphatic carboxylic acids is 1. The van der Waals surface area contributed by atoms with Gasteiger partial charge in [0.15, 0.2) is 0 Å². The Bertz CT molecular complexity index is 1350. The molecule has 0 radical (unpaired) electrons. The van der Waals surface area contributed by atoms with E-state index in [0.717, 1.165) is 24.3 Å². The molecule has 2 aromatic rings. The SMILES string of the molecule is CCC(c1ccc(C(=O)NCCC(=O)O)cc1)N1C(=O)C(c2ccc(C(F)(F)F)cc2)=NC12CCC(C(F)(F)F)CC2. The van der Waals surface area contributed by atoms with Gasteiger partial charge in [0.2, 0.25) is 0 Å². The fraction of sp³-hybridized carbons (Fsp3) is 0.448. The van der Waals surface area contributed by atoms with E-state index in [9.17, 15) is 40.7 Å². The number of halogens is 6. The van der Waals surface area contributed by atoms with Crippen molar-refractivity contribution in [3.63, 3.8) is 0 Å². The van der Waals surface area contributed by atoms with Crippen LogP contribution in [0.2, 0.25) is 0 Å². The van der Waals surface area contributed by atoms with E-state index >= 15 is 0 Å². The summed E-state index contributed by atoms with van der Waals surface area (Å²) in [5.41, 5.74) is -1.36. The van der Waals surface area contributed by atoms with Gasteiger partial charge in [-0.25, -0.2) is 0 Å². The van der Waals surface area contributed by atoms with Gasteiger partial charge >= 0.3 is 18.3 Å². The quantitative estimate of drug-likeness (QED) is 0.357. The van der Waals surface area contributed by atoms with E-state index in [1.807, 2.05) is 0 Å². The number of carbonyl (C=O) groups excluding carboxylic acids is 2. The number of amides is 2. The zero-order valence-corrected chi connectivity index (χ0v) is 22.6. The van der Waals surface area contributed by atoms with Gasteiger partial charge in [0.25, 0.3) is 11.8 Å². The third-order valence-corrected chi connectivity index (χ3v) is 7.81. The highest BCUT2D eigenvalue weighted by Gasteiger charge is 2.54. The molecule has 1 aliphatic heterocycles. The maximum Gasteiger partial charge on any atom is 0.416 e. The van der Waals surface area contributed by atoms with Crippen molar-refractivity contribution in [2.45, 2.75) is 69.5 Å². The molecule has 2 aromatic carbocycles. The van der Waals surface area contributed by atoms with Crippen molar-refractivity contribution in [2.75, 3.05) is 6.54 Å². The average molecular weight is 598 g/mol. The summed E-state index contributed by atoms with van der Waals surface area (Å²) in [6.45, 7) is 1.72. The molecule has 4 rings (SSSR count). The second kappa shape index (κ2) is 11.8. The van der Waals surface area contributed by atoms with E-state index in [0.29, 0.717) is 12.0 Å². The number of aliphatic imine (C=N–C) groups is 1. The van der Waals surface area contributed by atoms with Crippen molar-refractivity contribution >= 4 is 23.5 Å². The third kappa shape index (κ3) is 6.44. The summed E-state index contributed by atoms with van der Waals surface area (Å²) in [5, 5.41) is 11.2. The number of nitrogens with zero attached hydrogens (tertiary/aromatic N) is 2. The van der Waals surface area contributed by atoms with Crippen molar-refractivity contribution in [2.24, 2.45) is 10.9 Å². The van der Waals surface area contributed by atoms with Gasteiger partial charge < -0.3 is 15.3 Å². The number of hydrogen-bond acceptors (Lipinski definition) is 4. The number of carboxylic acids is 1. The number of rotatable bonds is 8. The van der Waals surface area contributed by atoms with E-state index in [1.54, 1.807) is 19.1 Å². The number of hydrogen-bond donors (Lipinski definition) is 2. The van der Waals surface area contributed by atoms with E-state index < -0.39 is 53.3 Å². The third-order valence-electron chi connectivity index (χ3n) is 7.81. The first-order chi connectivity index (χ1) is 19.7. The molecule has 0 aromatic heterocycles. The monoisotopic (exact) mass is 597 g/mol. The fourth-order valence-electron chi connectivity index (χ4n) is 5.62. The minimum Gasteiger partial charge on any atom is -0.481 e. The standard InChI is InChI=1S/C29H29F6N3O4/c1-2-22(17-3-5-19(6-4-17)25(41)36-16-13-23(39)40)38-26(42)24(18-7-9-20(10-8-18)28(30,31)32)37-27(38)14-11-21(12-15-27)29(33,34)35/h3-10,21-22H,2,11-16H2,1H3,(H,36,41)(H,39,40). The minimum absolute atomic E-state index is 0.0682. The molecule has 1 heterocycles.